The molecule has 0 fully saturated rings. The van der Waals surface area contributed by atoms with Gasteiger partial charge < -0.3 is 16.5 Å². The molecule has 0 radical (unpaired) electrons. The lowest BCUT2D eigenvalue weighted by molar-refractivity contribution is -0.132. The number of alkyl halides is 12. The Morgan fingerprint density at radius 1 is 0.488 bits per heavy atom. The molecular weight excluding hydrogens is 697 g/mol. The highest BCUT2D eigenvalue weighted by atomic mass is 28.5. The number of rotatable bonds is 19. The van der Waals surface area contributed by atoms with Gasteiger partial charge in [-0.2, -0.15) is 52.7 Å². The monoisotopic (exact) mass is 740 g/mol. The minimum atomic E-state index is -4.76. The lowest BCUT2D eigenvalue weighted by atomic mass is 10.4. The van der Waals surface area contributed by atoms with Crippen LogP contribution in [0.5, 0.6) is 0 Å². The van der Waals surface area contributed by atoms with Gasteiger partial charge in [0.2, 0.25) is 0 Å². The van der Waals surface area contributed by atoms with Crippen molar-refractivity contribution >= 4 is 43.0 Å². The van der Waals surface area contributed by atoms with Crippen molar-refractivity contribution in [3.05, 3.63) is 0 Å². The van der Waals surface area contributed by atoms with Crippen LogP contribution < -0.4 is 0 Å². The molecule has 21 heteroatoms. The van der Waals surface area contributed by atoms with Crippen molar-refractivity contribution in [1.82, 2.24) is 0 Å². The Hall–Kier alpha value is 0.0844. The lowest BCUT2D eigenvalue weighted by Crippen LogP contribution is -2.61. The van der Waals surface area contributed by atoms with E-state index in [1.807, 2.05) is 0 Å². The largest absolute Gasteiger partial charge is 0.439 e. The molecule has 0 N–H and O–H groups in total. The van der Waals surface area contributed by atoms with Crippen molar-refractivity contribution in [2.75, 3.05) is 0 Å². The van der Waals surface area contributed by atoms with Crippen molar-refractivity contribution in [2.45, 2.75) is 140 Å². The molecule has 4 unspecified atom stereocenters. The molecule has 260 valence electrons. The summed E-state index contributed by atoms with van der Waals surface area (Å²) in [7, 11) is -18.1. The first-order chi connectivity index (χ1) is 18.9. The van der Waals surface area contributed by atoms with Gasteiger partial charge in [-0.25, -0.2) is 0 Å². The zero-order valence-electron chi connectivity index (χ0n) is 25.5. The van der Waals surface area contributed by atoms with E-state index in [1.54, 1.807) is 20.0 Å². The summed E-state index contributed by atoms with van der Waals surface area (Å²) in [5, 5.41) is 0. The maximum absolute atomic E-state index is 13.4. The van der Waals surface area contributed by atoms with Crippen molar-refractivity contribution in [3.63, 3.8) is 0 Å². The second kappa shape index (κ2) is 16.3. The van der Waals surface area contributed by atoms with E-state index in [-0.39, 0.29) is 6.04 Å². The Bertz CT molecular complexity index is 830. The first kappa shape index (κ1) is 43.1. The smallest absolute Gasteiger partial charge is 0.389 e. The molecule has 0 aliphatic rings. The zero-order valence-corrected chi connectivity index (χ0v) is 30.7. The quantitative estimate of drug-likeness (QED) is 0.0976. The van der Waals surface area contributed by atoms with E-state index in [9.17, 15) is 52.7 Å². The van der Waals surface area contributed by atoms with Gasteiger partial charge in [0.15, 0.2) is 17.4 Å². The summed E-state index contributed by atoms with van der Waals surface area (Å²) < 4.78 is 183. The van der Waals surface area contributed by atoms with Crippen LogP contribution in [-0.4, -0.2) is 67.7 Å². The lowest BCUT2D eigenvalue weighted by Gasteiger charge is -2.45. The highest BCUT2D eigenvalue weighted by molar-refractivity contribution is 6.90. The number of hydrogen-bond acceptors (Lipinski definition) is 4. The molecule has 43 heavy (non-hydrogen) atoms. The van der Waals surface area contributed by atoms with Crippen LogP contribution in [0.4, 0.5) is 52.7 Å². The van der Waals surface area contributed by atoms with Gasteiger partial charge in [0.1, 0.15) is 0 Å². The van der Waals surface area contributed by atoms with Crippen LogP contribution >= 0.6 is 0 Å². The predicted molar refractivity (Wildman–Crippen MR) is 151 cm³/mol. The summed E-state index contributed by atoms with van der Waals surface area (Å²) in [6, 6.07) is -2.76. The first-order valence-electron chi connectivity index (χ1n) is 14.0. The third-order valence-corrected chi connectivity index (χ3v) is 27.1. The molecule has 0 aliphatic carbocycles. The van der Waals surface area contributed by atoms with E-state index in [2.05, 4.69) is 0 Å². The highest BCUT2D eigenvalue weighted by Crippen LogP contribution is 2.40. The molecule has 0 saturated heterocycles. The van der Waals surface area contributed by atoms with Gasteiger partial charge in [0.25, 0.3) is 0 Å². The Kier molecular flexibility index (Phi) is 16.3. The van der Waals surface area contributed by atoms with Crippen molar-refractivity contribution in [1.29, 1.82) is 0 Å². The van der Waals surface area contributed by atoms with E-state index in [0.29, 0.717) is 12.8 Å². The Labute approximate surface area is 251 Å². The number of unbranched alkanes of at least 4 members (excludes halogenated alkanes) is 1. The molecule has 0 saturated carbocycles. The molecule has 0 aromatic rings. The van der Waals surface area contributed by atoms with Gasteiger partial charge in [-0.3, -0.25) is 0 Å². The molecule has 0 bridgehead atoms. The fraction of sp³-hybridized carbons (Fsp3) is 1.00. The van der Waals surface area contributed by atoms with Gasteiger partial charge in [-0.05, 0) is 69.5 Å². The van der Waals surface area contributed by atoms with E-state index in [4.69, 9.17) is 16.5 Å². The van der Waals surface area contributed by atoms with Crippen LogP contribution in [0.25, 0.3) is 0 Å². The van der Waals surface area contributed by atoms with Gasteiger partial charge in [-0.1, -0.05) is 19.8 Å². The Morgan fingerprint density at radius 2 is 0.814 bits per heavy atom. The predicted octanol–water partition coefficient (Wildman–Crippen LogP) is 10.4. The molecular formula is C22H44F12O4Si5. The Morgan fingerprint density at radius 3 is 1.16 bits per heavy atom. The van der Waals surface area contributed by atoms with Crippen LogP contribution in [0.15, 0.2) is 0 Å². The van der Waals surface area contributed by atoms with Crippen molar-refractivity contribution in [3.8, 4) is 0 Å². The Balaban J connectivity index is 6.76. The minimum absolute atomic E-state index is 0.138. The molecule has 0 heterocycles. The first-order valence-corrected chi connectivity index (χ1v) is 27.2. The minimum Gasteiger partial charge on any atom is -0.439 e. The summed E-state index contributed by atoms with van der Waals surface area (Å²) in [5.74, 6) is 0. The van der Waals surface area contributed by atoms with E-state index in [1.165, 1.54) is 19.6 Å². The molecule has 0 aliphatic heterocycles. The standard InChI is InChI=1S/C22H44F12O4Si5/c1-8-9-14-40(4,15-10-19(23,24)25)36-42(6,17-12-21(29,30)31)38-43(7,18-13-22(32,33)34)37-41(5,35-39(2)3)16-11-20(26,27)28/h39H,8-18H2,1-7H3. The van der Waals surface area contributed by atoms with Crippen LogP contribution in [0, 0.1) is 0 Å². The molecule has 0 aromatic heterocycles. The average molecular weight is 741 g/mol. The van der Waals surface area contributed by atoms with Crippen molar-refractivity contribution in [2.24, 2.45) is 0 Å². The van der Waals surface area contributed by atoms with Crippen LogP contribution in [-0.2, 0) is 16.5 Å². The normalized spacial score (nSPS) is 19.5. The van der Waals surface area contributed by atoms with Crippen LogP contribution in [0.1, 0.15) is 45.4 Å². The maximum Gasteiger partial charge on any atom is 0.389 e. The zero-order chi connectivity index (χ0) is 34.2. The van der Waals surface area contributed by atoms with Crippen LogP contribution in [0.3, 0.4) is 0 Å². The summed E-state index contributed by atoms with van der Waals surface area (Å²) in [4.78, 5) is 0. The number of hydrogen-bond donors (Lipinski definition) is 0. The third-order valence-electron chi connectivity index (χ3n) is 6.40. The van der Waals surface area contributed by atoms with E-state index >= 15 is 0 Å². The molecule has 0 spiro atoms. The topological polar surface area (TPSA) is 36.9 Å². The fourth-order valence-electron chi connectivity index (χ4n) is 4.60. The molecule has 0 rings (SSSR count). The summed E-state index contributed by atoms with van der Waals surface area (Å²) in [6.07, 6.45) is -23.4. The third kappa shape index (κ3) is 21.5. The maximum atomic E-state index is 13.4. The van der Waals surface area contributed by atoms with Gasteiger partial charge in [-0.15, -0.1) is 0 Å². The van der Waals surface area contributed by atoms with E-state index in [0.717, 1.165) is 6.55 Å². The van der Waals surface area contributed by atoms with Crippen molar-refractivity contribution < 1.29 is 69.1 Å². The van der Waals surface area contributed by atoms with Gasteiger partial charge >= 0.3 is 50.4 Å². The molecule has 0 amide bonds. The van der Waals surface area contributed by atoms with Gasteiger partial charge in [0.05, 0.1) is 0 Å². The molecule has 0 aromatic carbocycles. The van der Waals surface area contributed by atoms with Gasteiger partial charge in [0, 0.05) is 25.7 Å². The summed E-state index contributed by atoms with van der Waals surface area (Å²) >= 11 is 0. The van der Waals surface area contributed by atoms with E-state index < -0.39 is 118 Å². The average Bonchev–Trinajstić information content (AvgIpc) is 2.75. The fourth-order valence-corrected chi connectivity index (χ4v) is 29.5. The SMILES string of the molecule is CCCC[Si](C)(CCC(F)(F)F)O[Si](C)(CCC(F)(F)F)O[Si](C)(CCC(F)(F)F)O[Si](C)(CCC(F)(F)F)O[SiH](C)C. The number of halogens is 12. The second-order valence-electron chi connectivity index (χ2n) is 11.9. The van der Waals surface area contributed by atoms with Crippen LogP contribution in [0.2, 0.25) is 69.5 Å². The molecule has 4 atom stereocenters. The second-order valence-corrected chi connectivity index (χ2v) is 29.6. The molecule has 4 nitrogen and oxygen atoms in total. The summed E-state index contributed by atoms with van der Waals surface area (Å²) in [6.45, 7) is 9.98. The highest BCUT2D eigenvalue weighted by Gasteiger charge is 2.53. The summed E-state index contributed by atoms with van der Waals surface area (Å²) in [5.41, 5.74) is 0.